The largest absolute Gasteiger partial charge is 0.354 e. The summed E-state index contributed by atoms with van der Waals surface area (Å²) in [5.41, 5.74) is 0.355. The molecule has 0 radical (unpaired) electrons. The molecule has 1 aromatic heterocycles. The second-order valence-electron chi connectivity index (χ2n) is 7.24. The highest BCUT2D eigenvalue weighted by Gasteiger charge is 2.29. The molecule has 0 spiro atoms. The van der Waals surface area contributed by atoms with E-state index in [0.717, 1.165) is 30.8 Å². The van der Waals surface area contributed by atoms with Gasteiger partial charge >= 0.3 is 0 Å². The SMILES string of the molecule is CC(C)(C)C(=O)N1CCCN(c2ncnc3ccc(F)cc23)CC1. The number of halogens is 1. The maximum absolute atomic E-state index is 13.6. The first-order valence-corrected chi connectivity index (χ1v) is 8.31. The molecule has 1 amide bonds. The first kappa shape index (κ1) is 16.6. The highest BCUT2D eigenvalue weighted by molar-refractivity contribution is 5.89. The second kappa shape index (κ2) is 6.34. The predicted molar refractivity (Wildman–Crippen MR) is 92.4 cm³/mol. The number of fused-ring (bicyclic) bond motifs is 1. The Hall–Kier alpha value is -2.24. The van der Waals surface area contributed by atoms with Crippen LogP contribution in [0.3, 0.4) is 0 Å². The summed E-state index contributed by atoms with van der Waals surface area (Å²) in [6.07, 6.45) is 2.38. The average molecular weight is 330 g/mol. The highest BCUT2D eigenvalue weighted by Crippen LogP contribution is 2.25. The topological polar surface area (TPSA) is 49.3 Å². The lowest BCUT2D eigenvalue weighted by Gasteiger charge is -2.28. The van der Waals surface area contributed by atoms with Gasteiger partial charge in [0.15, 0.2) is 0 Å². The van der Waals surface area contributed by atoms with Crippen molar-refractivity contribution in [2.24, 2.45) is 5.41 Å². The Bertz CT molecular complexity index is 756. The van der Waals surface area contributed by atoms with E-state index in [4.69, 9.17) is 0 Å². The van der Waals surface area contributed by atoms with Crippen LogP contribution in [0.1, 0.15) is 27.2 Å². The van der Waals surface area contributed by atoms with E-state index in [-0.39, 0.29) is 17.1 Å². The zero-order valence-corrected chi connectivity index (χ0v) is 14.4. The molecule has 6 heteroatoms. The van der Waals surface area contributed by atoms with Gasteiger partial charge in [0.1, 0.15) is 18.0 Å². The maximum Gasteiger partial charge on any atom is 0.228 e. The molecule has 1 saturated heterocycles. The predicted octanol–water partition coefficient (Wildman–Crippen LogP) is 2.85. The van der Waals surface area contributed by atoms with Gasteiger partial charge in [0.25, 0.3) is 0 Å². The molecule has 0 saturated carbocycles. The third-order valence-electron chi connectivity index (χ3n) is 4.30. The van der Waals surface area contributed by atoms with E-state index in [2.05, 4.69) is 14.9 Å². The standard InChI is InChI=1S/C18H23FN4O/c1-18(2,3)17(24)23-8-4-7-22(9-10-23)16-14-11-13(19)5-6-15(14)20-12-21-16/h5-6,11-12H,4,7-10H2,1-3H3. The van der Waals surface area contributed by atoms with Crippen LogP contribution < -0.4 is 4.90 Å². The van der Waals surface area contributed by atoms with Gasteiger partial charge in [-0.2, -0.15) is 0 Å². The lowest BCUT2D eigenvalue weighted by molar-refractivity contribution is -0.139. The summed E-state index contributed by atoms with van der Waals surface area (Å²) in [5, 5.41) is 0.716. The molecular formula is C18H23FN4O. The number of hydrogen-bond acceptors (Lipinski definition) is 4. The van der Waals surface area contributed by atoms with Crippen LogP contribution in [-0.2, 0) is 4.79 Å². The number of carbonyl (C=O) groups excluding carboxylic acids is 1. The summed E-state index contributed by atoms with van der Waals surface area (Å²) in [5.74, 6) is 0.616. The van der Waals surface area contributed by atoms with E-state index in [9.17, 15) is 9.18 Å². The minimum absolute atomic E-state index is 0.169. The van der Waals surface area contributed by atoms with Gasteiger partial charge in [-0.15, -0.1) is 0 Å². The van der Waals surface area contributed by atoms with Crippen molar-refractivity contribution in [3.63, 3.8) is 0 Å². The van der Waals surface area contributed by atoms with Crippen LogP contribution >= 0.6 is 0 Å². The molecule has 0 unspecified atom stereocenters. The Balaban J connectivity index is 1.85. The van der Waals surface area contributed by atoms with E-state index in [1.165, 1.54) is 18.5 Å². The molecule has 24 heavy (non-hydrogen) atoms. The normalized spacial score (nSPS) is 16.3. The quantitative estimate of drug-likeness (QED) is 0.807. The van der Waals surface area contributed by atoms with Crippen molar-refractivity contribution in [3.8, 4) is 0 Å². The Kier molecular flexibility index (Phi) is 4.39. The molecule has 0 atom stereocenters. The molecule has 1 aliphatic heterocycles. The molecule has 2 heterocycles. The van der Waals surface area contributed by atoms with Gasteiger partial charge in [0, 0.05) is 37.0 Å². The smallest absolute Gasteiger partial charge is 0.228 e. The number of anilines is 1. The summed E-state index contributed by atoms with van der Waals surface area (Å²) in [6.45, 7) is 8.69. The number of benzene rings is 1. The van der Waals surface area contributed by atoms with Gasteiger partial charge in [-0.3, -0.25) is 4.79 Å². The van der Waals surface area contributed by atoms with Crippen molar-refractivity contribution in [3.05, 3.63) is 30.3 Å². The summed E-state index contributed by atoms with van der Waals surface area (Å²) in [6, 6.07) is 4.56. The van der Waals surface area contributed by atoms with E-state index in [1.54, 1.807) is 6.07 Å². The monoisotopic (exact) mass is 330 g/mol. The molecule has 1 aliphatic rings. The average Bonchev–Trinajstić information content (AvgIpc) is 2.78. The third-order valence-corrected chi connectivity index (χ3v) is 4.30. The summed E-state index contributed by atoms with van der Waals surface area (Å²) >= 11 is 0. The van der Waals surface area contributed by atoms with Crippen molar-refractivity contribution in [2.75, 3.05) is 31.1 Å². The van der Waals surface area contributed by atoms with Crippen molar-refractivity contribution >= 4 is 22.6 Å². The van der Waals surface area contributed by atoms with Crippen LogP contribution in [0.2, 0.25) is 0 Å². The van der Waals surface area contributed by atoms with Gasteiger partial charge in [-0.25, -0.2) is 14.4 Å². The van der Waals surface area contributed by atoms with Crippen molar-refractivity contribution in [1.29, 1.82) is 0 Å². The number of hydrogen-bond donors (Lipinski definition) is 0. The number of nitrogens with zero attached hydrogens (tertiary/aromatic N) is 4. The van der Waals surface area contributed by atoms with Crippen LogP contribution in [0, 0.1) is 11.2 Å². The fourth-order valence-corrected chi connectivity index (χ4v) is 3.07. The zero-order chi connectivity index (χ0) is 17.3. The Morgan fingerprint density at radius 1 is 1.12 bits per heavy atom. The first-order valence-electron chi connectivity index (χ1n) is 8.31. The van der Waals surface area contributed by atoms with Crippen molar-refractivity contribution in [1.82, 2.24) is 14.9 Å². The van der Waals surface area contributed by atoms with Crippen molar-refractivity contribution < 1.29 is 9.18 Å². The van der Waals surface area contributed by atoms with Crippen LogP contribution in [0.5, 0.6) is 0 Å². The van der Waals surface area contributed by atoms with Gasteiger partial charge in [0.2, 0.25) is 5.91 Å². The molecular weight excluding hydrogens is 307 g/mol. The number of rotatable bonds is 1. The van der Waals surface area contributed by atoms with Gasteiger partial charge < -0.3 is 9.80 Å². The van der Waals surface area contributed by atoms with Crippen LogP contribution in [0.4, 0.5) is 10.2 Å². The molecule has 3 rings (SSSR count). The zero-order valence-electron chi connectivity index (χ0n) is 14.4. The van der Waals surface area contributed by atoms with E-state index in [0.29, 0.717) is 18.5 Å². The summed E-state index contributed by atoms with van der Waals surface area (Å²) < 4.78 is 13.6. The molecule has 128 valence electrons. The van der Waals surface area contributed by atoms with E-state index >= 15 is 0 Å². The van der Waals surface area contributed by atoms with Crippen LogP contribution in [-0.4, -0.2) is 47.0 Å². The molecule has 0 bridgehead atoms. The highest BCUT2D eigenvalue weighted by atomic mass is 19.1. The molecule has 0 aliphatic carbocycles. The number of aromatic nitrogens is 2. The molecule has 0 N–H and O–H groups in total. The van der Waals surface area contributed by atoms with Crippen LogP contribution in [0.15, 0.2) is 24.5 Å². The van der Waals surface area contributed by atoms with Crippen molar-refractivity contribution in [2.45, 2.75) is 27.2 Å². The molecule has 2 aromatic rings. The van der Waals surface area contributed by atoms with E-state index in [1.807, 2.05) is 25.7 Å². The summed E-state index contributed by atoms with van der Waals surface area (Å²) in [4.78, 5) is 25.1. The Labute approximate surface area is 141 Å². The Morgan fingerprint density at radius 2 is 1.92 bits per heavy atom. The van der Waals surface area contributed by atoms with E-state index < -0.39 is 0 Å². The molecule has 1 fully saturated rings. The number of carbonyl (C=O) groups is 1. The third kappa shape index (κ3) is 3.32. The second-order valence-corrected chi connectivity index (χ2v) is 7.24. The van der Waals surface area contributed by atoms with Crippen LogP contribution in [0.25, 0.3) is 10.9 Å². The maximum atomic E-state index is 13.6. The lowest BCUT2D eigenvalue weighted by Crippen LogP contribution is -2.41. The fraction of sp³-hybridized carbons (Fsp3) is 0.500. The lowest BCUT2D eigenvalue weighted by atomic mass is 9.94. The summed E-state index contributed by atoms with van der Waals surface area (Å²) in [7, 11) is 0. The van der Waals surface area contributed by atoms with Gasteiger partial charge in [-0.1, -0.05) is 20.8 Å². The number of amides is 1. The van der Waals surface area contributed by atoms with Gasteiger partial charge in [0.05, 0.1) is 5.52 Å². The first-order chi connectivity index (χ1) is 11.4. The van der Waals surface area contributed by atoms with Gasteiger partial charge in [-0.05, 0) is 24.6 Å². The molecule has 1 aromatic carbocycles. The molecule has 5 nitrogen and oxygen atoms in total. The fourth-order valence-electron chi connectivity index (χ4n) is 3.07. The Morgan fingerprint density at radius 3 is 2.67 bits per heavy atom. The minimum atomic E-state index is -0.375. The minimum Gasteiger partial charge on any atom is -0.354 e.